The Kier molecular flexibility index (Phi) is 8.42. The van der Waals surface area contributed by atoms with E-state index in [4.69, 9.17) is 15.2 Å². The standard InChI is InChI=1S/C14H22N2O3/c15-8-11-18-12-9-16-14(17)7-4-10-19-13-5-2-1-3-6-13/h1-3,5-6H,4,7-12,15H2,(H,16,17). The van der Waals surface area contributed by atoms with Crippen molar-refractivity contribution in [1.82, 2.24) is 5.32 Å². The summed E-state index contributed by atoms with van der Waals surface area (Å²) in [6.07, 6.45) is 1.16. The van der Waals surface area contributed by atoms with Crippen molar-refractivity contribution in [3.63, 3.8) is 0 Å². The molecular weight excluding hydrogens is 244 g/mol. The summed E-state index contributed by atoms with van der Waals surface area (Å²) < 4.78 is 10.6. The number of carbonyl (C=O) groups excluding carboxylic acids is 1. The third-order valence-corrected chi connectivity index (χ3v) is 2.39. The van der Waals surface area contributed by atoms with Gasteiger partial charge >= 0.3 is 0 Å². The Balaban J connectivity index is 1.95. The first kappa shape index (κ1) is 15.5. The van der Waals surface area contributed by atoms with Gasteiger partial charge < -0.3 is 20.5 Å². The van der Waals surface area contributed by atoms with E-state index >= 15 is 0 Å². The lowest BCUT2D eigenvalue weighted by atomic mass is 10.3. The van der Waals surface area contributed by atoms with Gasteiger partial charge in [0.25, 0.3) is 0 Å². The van der Waals surface area contributed by atoms with Gasteiger partial charge in [0.05, 0.1) is 19.8 Å². The van der Waals surface area contributed by atoms with Gasteiger partial charge in [0.15, 0.2) is 0 Å². The van der Waals surface area contributed by atoms with Crippen LogP contribution in [0.25, 0.3) is 0 Å². The van der Waals surface area contributed by atoms with Crippen molar-refractivity contribution in [2.75, 3.05) is 32.9 Å². The van der Waals surface area contributed by atoms with Crippen LogP contribution in [0.1, 0.15) is 12.8 Å². The summed E-state index contributed by atoms with van der Waals surface area (Å²) in [6.45, 7) is 2.61. The molecule has 0 aliphatic carbocycles. The second kappa shape index (κ2) is 10.3. The van der Waals surface area contributed by atoms with Gasteiger partial charge in [0.2, 0.25) is 5.91 Å². The minimum Gasteiger partial charge on any atom is -0.494 e. The number of amides is 1. The Morgan fingerprint density at radius 3 is 2.68 bits per heavy atom. The van der Waals surface area contributed by atoms with E-state index in [-0.39, 0.29) is 5.91 Å². The molecule has 3 N–H and O–H groups in total. The number of hydrogen-bond donors (Lipinski definition) is 2. The fraction of sp³-hybridized carbons (Fsp3) is 0.500. The van der Waals surface area contributed by atoms with Crippen LogP contribution in [0.5, 0.6) is 5.75 Å². The molecule has 0 radical (unpaired) electrons. The lowest BCUT2D eigenvalue weighted by molar-refractivity contribution is -0.121. The maximum atomic E-state index is 11.4. The lowest BCUT2D eigenvalue weighted by Crippen LogP contribution is -2.28. The number of carbonyl (C=O) groups is 1. The smallest absolute Gasteiger partial charge is 0.220 e. The molecule has 0 aliphatic heterocycles. The molecule has 106 valence electrons. The Morgan fingerprint density at radius 1 is 1.16 bits per heavy atom. The molecular formula is C14H22N2O3. The highest BCUT2D eigenvalue weighted by atomic mass is 16.5. The molecule has 19 heavy (non-hydrogen) atoms. The van der Waals surface area contributed by atoms with E-state index < -0.39 is 0 Å². The molecule has 0 heterocycles. The highest BCUT2D eigenvalue weighted by Gasteiger charge is 2.00. The summed E-state index contributed by atoms with van der Waals surface area (Å²) in [5.41, 5.74) is 5.27. The van der Waals surface area contributed by atoms with Gasteiger partial charge in [-0.2, -0.15) is 0 Å². The zero-order valence-electron chi connectivity index (χ0n) is 11.1. The second-order valence-electron chi connectivity index (χ2n) is 4.02. The van der Waals surface area contributed by atoms with Gasteiger partial charge in [-0.1, -0.05) is 18.2 Å². The van der Waals surface area contributed by atoms with Crippen LogP contribution in [0, 0.1) is 0 Å². The summed E-state index contributed by atoms with van der Waals surface area (Å²) in [5.74, 6) is 0.853. The predicted molar refractivity (Wildman–Crippen MR) is 74.1 cm³/mol. The van der Waals surface area contributed by atoms with Gasteiger partial charge in [-0.15, -0.1) is 0 Å². The van der Waals surface area contributed by atoms with Crippen molar-refractivity contribution in [2.24, 2.45) is 5.73 Å². The van der Waals surface area contributed by atoms with E-state index in [1.54, 1.807) is 0 Å². The van der Waals surface area contributed by atoms with Crippen molar-refractivity contribution in [1.29, 1.82) is 0 Å². The molecule has 0 spiro atoms. The van der Waals surface area contributed by atoms with Gasteiger partial charge in [-0.25, -0.2) is 0 Å². The third kappa shape index (κ3) is 8.18. The summed E-state index contributed by atoms with van der Waals surface area (Å²) in [6, 6.07) is 9.57. The molecule has 1 aromatic rings. The van der Waals surface area contributed by atoms with Crippen molar-refractivity contribution >= 4 is 5.91 Å². The minimum absolute atomic E-state index is 0.0213. The molecule has 0 aromatic heterocycles. The molecule has 0 aliphatic rings. The van der Waals surface area contributed by atoms with Crippen molar-refractivity contribution in [3.8, 4) is 5.75 Å². The molecule has 0 fully saturated rings. The number of ether oxygens (including phenoxy) is 2. The van der Waals surface area contributed by atoms with Crippen LogP contribution < -0.4 is 15.8 Å². The molecule has 1 rings (SSSR count). The van der Waals surface area contributed by atoms with E-state index in [2.05, 4.69) is 5.32 Å². The predicted octanol–water partition coefficient (Wildman–Crippen LogP) is 0.937. The number of hydrogen-bond acceptors (Lipinski definition) is 4. The van der Waals surface area contributed by atoms with Crippen molar-refractivity contribution in [2.45, 2.75) is 12.8 Å². The minimum atomic E-state index is 0.0213. The third-order valence-electron chi connectivity index (χ3n) is 2.39. The average Bonchev–Trinajstić information content (AvgIpc) is 2.44. The van der Waals surface area contributed by atoms with Crippen LogP contribution in [-0.2, 0) is 9.53 Å². The maximum absolute atomic E-state index is 11.4. The summed E-state index contributed by atoms with van der Waals surface area (Å²) in [5, 5.41) is 2.78. The van der Waals surface area contributed by atoms with Crippen LogP contribution in [0.2, 0.25) is 0 Å². The number of rotatable bonds is 10. The van der Waals surface area contributed by atoms with Crippen molar-refractivity contribution < 1.29 is 14.3 Å². The van der Waals surface area contributed by atoms with Gasteiger partial charge in [-0.05, 0) is 18.6 Å². The number of nitrogens with one attached hydrogen (secondary N) is 1. The highest BCUT2D eigenvalue weighted by Crippen LogP contribution is 2.08. The van der Waals surface area contributed by atoms with Crippen LogP contribution >= 0.6 is 0 Å². The summed E-state index contributed by atoms with van der Waals surface area (Å²) >= 11 is 0. The molecule has 0 bridgehead atoms. The number of benzene rings is 1. The number of para-hydroxylation sites is 1. The monoisotopic (exact) mass is 266 g/mol. The quantitative estimate of drug-likeness (QED) is 0.618. The van der Waals surface area contributed by atoms with Crippen molar-refractivity contribution in [3.05, 3.63) is 30.3 Å². The van der Waals surface area contributed by atoms with E-state index in [9.17, 15) is 4.79 Å². The van der Waals surface area contributed by atoms with Gasteiger partial charge in [-0.3, -0.25) is 4.79 Å². The molecule has 0 atom stereocenters. The lowest BCUT2D eigenvalue weighted by Gasteiger charge is -2.07. The van der Waals surface area contributed by atoms with E-state index in [1.807, 2.05) is 30.3 Å². The van der Waals surface area contributed by atoms with Crippen LogP contribution in [0.4, 0.5) is 0 Å². The van der Waals surface area contributed by atoms with Gasteiger partial charge in [0, 0.05) is 19.5 Å². The Bertz CT molecular complexity index is 344. The van der Waals surface area contributed by atoms with E-state index in [1.165, 1.54) is 0 Å². The average molecular weight is 266 g/mol. The highest BCUT2D eigenvalue weighted by molar-refractivity contribution is 5.75. The first-order chi connectivity index (χ1) is 9.33. The first-order valence-corrected chi connectivity index (χ1v) is 6.55. The topological polar surface area (TPSA) is 73.6 Å². The first-order valence-electron chi connectivity index (χ1n) is 6.55. The fourth-order valence-corrected chi connectivity index (χ4v) is 1.48. The van der Waals surface area contributed by atoms with Crippen LogP contribution in [-0.4, -0.2) is 38.8 Å². The molecule has 0 unspecified atom stereocenters. The summed E-state index contributed by atoms with van der Waals surface area (Å²) in [7, 11) is 0. The largest absolute Gasteiger partial charge is 0.494 e. The second-order valence-corrected chi connectivity index (χ2v) is 4.02. The molecule has 0 saturated heterocycles. The van der Waals surface area contributed by atoms with Gasteiger partial charge in [0.1, 0.15) is 5.75 Å². The summed E-state index contributed by atoms with van der Waals surface area (Å²) in [4.78, 5) is 11.4. The van der Waals surface area contributed by atoms with E-state index in [0.29, 0.717) is 45.8 Å². The molecule has 1 amide bonds. The molecule has 5 heteroatoms. The zero-order valence-corrected chi connectivity index (χ0v) is 11.1. The Hall–Kier alpha value is -1.59. The number of nitrogens with two attached hydrogens (primary N) is 1. The fourth-order valence-electron chi connectivity index (χ4n) is 1.48. The van der Waals surface area contributed by atoms with E-state index in [0.717, 1.165) is 5.75 Å². The Labute approximate surface area is 114 Å². The normalized spacial score (nSPS) is 10.2. The zero-order chi connectivity index (χ0) is 13.8. The maximum Gasteiger partial charge on any atom is 0.220 e. The Morgan fingerprint density at radius 2 is 1.95 bits per heavy atom. The van der Waals surface area contributed by atoms with Crippen LogP contribution in [0.15, 0.2) is 30.3 Å². The molecule has 0 saturated carbocycles. The molecule has 1 aromatic carbocycles. The SMILES string of the molecule is NCCOCCNC(=O)CCCOc1ccccc1. The van der Waals surface area contributed by atoms with Crippen LogP contribution in [0.3, 0.4) is 0 Å². The molecule has 5 nitrogen and oxygen atoms in total.